The van der Waals surface area contributed by atoms with Crippen LogP contribution < -0.4 is 9.47 Å². The maximum Gasteiger partial charge on any atom is 0.167 e. The van der Waals surface area contributed by atoms with Crippen LogP contribution in [0.5, 0.6) is 17.2 Å². The van der Waals surface area contributed by atoms with Crippen molar-refractivity contribution in [2.45, 2.75) is 13.3 Å². The van der Waals surface area contributed by atoms with Gasteiger partial charge in [-0.2, -0.15) is 0 Å². The molecule has 0 saturated heterocycles. The molecule has 0 fully saturated rings. The van der Waals surface area contributed by atoms with E-state index in [1.807, 2.05) is 7.05 Å². The van der Waals surface area contributed by atoms with Gasteiger partial charge in [0, 0.05) is 19.2 Å². The summed E-state index contributed by atoms with van der Waals surface area (Å²) in [5.41, 5.74) is 1.79. The minimum atomic E-state index is -0.234. The highest BCUT2D eigenvalue weighted by atomic mass is 16.5. The van der Waals surface area contributed by atoms with Crippen LogP contribution in [-0.4, -0.2) is 50.1 Å². The smallest absolute Gasteiger partial charge is 0.167 e. The van der Waals surface area contributed by atoms with Gasteiger partial charge in [0.15, 0.2) is 5.78 Å². The highest BCUT2D eigenvalue weighted by Gasteiger charge is 2.25. The van der Waals surface area contributed by atoms with Crippen molar-refractivity contribution >= 4 is 11.4 Å². The zero-order valence-corrected chi connectivity index (χ0v) is 12.9. The summed E-state index contributed by atoms with van der Waals surface area (Å²) in [4.78, 5) is 14.0. The molecule has 0 aliphatic carbocycles. The van der Waals surface area contributed by atoms with Gasteiger partial charge in [0.25, 0.3) is 0 Å². The first-order valence-electron chi connectivity index (χ1n) is 6.86. The molecule has 1 N–H and O–H groups in total. The Morgan fingerprint density at radius 2 is 1.95 bits per heavy atom. The number of methoxy groups -OCH3 is 2. The molecule has 5 nitrogen and oxygen atoms in total. The average molecular weight is 291 g/mol. The van der Waals surface area contributed by atoms with Crippen molar-refractivity contribution in [3.05, 3.63) is 23.3 Å². The topological polar surface area (TPSA) is 59.0 Å². The van der Waals surface area contributed by atoms with Gasteiger partial charge in [-0.3, -0.25) is 4.79 Å². The maximum atomic E-state index is 11.8. The first kappa shape index (κ1) is 15.4. The molecule has 1 heterocycles. The van der Waals surface area contributed by atoms with Crippen molar-refractivity contribution in [3.63, 3.8) is 0 Å². The predicted octanol–water partition coefficient (Wildman–Crippen LogP) is 2.33. The van der Waals surface area contributed by atoms with Crippen molar-refractivity contribution in [2.75, 3.05) is 34.4 Å². The Morgan fingerprint density at radius 3 is 2.43 bits per heavy atom. The molecular formula is C16H21NO4. The number of ether oxygens (including phenoxy) is 2. The number of benzene rings is 1. The zero-order chi connectivity index (χ0) is 15.6. The van der Waals surface area contributed by atoms with Crippen molar-refractivity contribution in [1.29, 1.82) is 0 Å². The lowest BCUT2D eigenvalue weighted by Crippen LogP contribution is -2.23. The van der Waals surface area contributed by atoms with Gasteiger partial charge in [-0.05, 0) is 26.0 Å². The summed E-state index contributed by atoms with van der Waals surface area (Å²) < 4.78 is 10.6. The van der Waals surface area contributed by atoms with Gasteiger partial charge in [0.05, 0.1) is 19.8 Å². The van der Waals surface area contributed by atoms with E-state index in [0.29, 0.717) is 17.1 Å². The van der Waals surface area contributed by atoms with Gasteiger partial charge >= 0.3 is 0 Å². The SMILES string of the molecule is COc1cc(OC)c(C2=CCN(C)CC2)c(O)c1C(C)=O. The summed E-state index contributed by atoms with van der Waals surface area (Å²) in [5, 5.41) is 10.6. The number of rotatable bonds is 4. The van der Waals surface area contributed by atoms with Gasteiger partial charge in [-0.1, -0.05) is 6.08 Å². The third-order valence-electron chi connectivity index (χ3n) is 3.75. The van der Waals surface area contributed by atoms with Crippen molar-refractivity contribution < 1.29 is 19.4 Å². The summed E-state index contributed by atoms with van der Waals surface area (Å²) in [7, 11) is 5.05. The number of carbonyl (C=O) groups is 1. The number of ketones is 1. The number of carbonyl (C=O) groups excluding carboxylic acids is 1. The molecular weight excluding hydrogens is 270 g/mol. The van der Waals surface area contributed by atoms with Crippen molar-refractivity contribution in [3.8, 4) is 17.2 Å². The second-order valence-electron chi connectivity index (χ2n) is 5.18. The van der Waals surface area contributed by atoms with Crippen LogP contribution in [0, 0.1) is 0 Å². The number of Topliss-reactive ketones (excluding diaryl/α,β-unsaturated/α-hetero) is 1. The number of hydrogen-bond acceptors (Lipinski definition) is 5. The second kappa shape index (κ2) is 6.18. The molecule has 0 spiro atoms. The second-order valence-corrected chi connectivity index (χ2v) is 5.18. The zero-order valence-electron chi connectivity index (χ0n) is 12.9. The van der Waals surface area contributed by atoms with E-state index in [1.54, 1.807) is 13.2 Å². The molecule has 21 heavy (non-hydrogen) atoms. The number of hydrogen-bond donors (Lipinski definition) is 1. The van der Waals surface area contributed by atoms with Crippen LogP contribution >= 0.6 is 0 Å². The van der Waals surface area contributed by atoms with Crippen LogP contribution in [0.4, 0.5) is 0 Å². The molecule has 5 heteroatoms. The largest absolute Gasteiger partial charge is 0.506 e. The van der Waals surface area contributed by atoms with Crippen LogP contribution in [0.15, 0.2) is 12.1 Å². The molecule has 1 aromatic carbocycles. The fraction of sp³-hybridized carbons (Fsp3) is 0.438. The number of phenols is 1. The van der Waals surface area contributed by atoms with Gasteiger partial charge in [-0.25, -0.2) is 0 Å². The highest BCUT2D eigenvalue weighted by molar-refractivity contribution is 6.02. The number of likely N-dealkylation sites (N-methyl/N-ethyl adjacent to an activating group) is 1. The van der Waals surface area contributed by atoms with Crippen LogP contribution in [-0.2, 0) is 0 Å². The lowest BCUT2D eigenvalue weighted by molar-refractivity contribution is 0.101. The normalized spacial score (nSPS) is 15.5. The minimum absolute atomic E-state index is 0.0606. The fourth-order valence-electron chi connectivity index (χ4n) is 2.59. The van der Waals surface area contributed by atoms with Crippen LogP contribution in [0.1, 0.15) is 29.3 Å². The number of phenolic OH excluding ortho intramolecular Hbond substituents is 1. The van der Waals surface area contributed by atoms with E-state index < -0.39 is 0 Å². The Kier molecular flexibility index (Phi) is 4.53. The Hall–Kier alpha value is -2.01. The molecule has 1 aliphatic heterocycles. The first-order chi connectivity index (χ1) is 9.99. The van der Waals surface area contributed by atoms with Crippen molar-refractivity contribution in [1.82, 2.24) is 4.90 Å². The molecule has 0 atom stereocenters. The summed E-state index contributed by atoms with van der Waals surface area (Å²) in [6, 6.07) is 1.66. The summed E-state index contributed by atoms with van der Waals surface area (Å²) in [5.74, 6) is 0.551. The summed E-state index contributed by atoms with van der Waals surface area (Å²) in [6.45, 7) is 3.12. The Bertz CT molecular complexity index is 592. The quantitative estimate of drug-likeness (QED) is 0.863. The Labute approximate surface area is 124 Å². The molecule has 1 aromatic rings. The molecule has 1 aliphatic rings. The summed E-state index contributed by atoms with van der Waals surface area (Å²) >= 11 is 0. The van der Waals surface area contributed by atoms with Gasteiger partial charge in [0.1, 0.15) is 22.8 Å². The molecule has 114 valence electrons. The molecule has 0 amide bonds. The van der Waals surface area contributed by atoms with E-state index >= 15 is 0 Å². The van der Waals surface area contributed by atoms with Crippen LogP contribution in [0.3, 0.4) is 0 Å². The molecule has 0 aromatic heterocycles. The average Bonchev–Trinajstić information content (AvgIpc) is 2.46. The molecule has 0 bridgehead atoms. The highest BCUT2D eigenvalue weighted by Crippen LogP contribution is 2.43. The molecule has 0 unspecified atom stereocenters. The lowest BCUT2D eigenvalue weighted by atomic mass is 9.94. The van der Waals surface area contributed by atoms with Gasteiger partial charge in [-0.15, -0.1) is 0 Å². The Balaban J connectivity index is 2.64. The summed E-state index contributed by atoms with van der Waals surface area (Å²) in [6.07, 6.45) is 2.85. The number of aromatic hydroxyl groups is 1. The van der Waals surface area contributed by atoms with Gasteiger partial charge < -0.3 is 19.5 Å². The van der Waals surface area contributed by atoms with Crippen molar-refractivity contribution in [2.24, 2.45) is 0 Å². The predicted molar refractivity (Wildman–Crippen MR) is 81.3 cm³/mol. The minimum Gasteiger partial charge on any atom is -0.506 e. The van der Waals surface area contributed by atoms with Crippen LogP contribution in [0.25, 0.3) is 5.57 Å². The molecule has 0 radical (unpaired) electrons. The van der Waals surface area contributed by atoms with E-state index in [2.05, 4.69) is 11.0 Å². The van der Waals surface area contributed by atoms with E-state index in [9.17, 15) is 9.90 Å². The van der Waals surface area contributed by atoms with Gasteiger partial charge in [0.2, 0.25) is 0 Å². The standard InChI is InChI=1S/C16H21NO4/c1-10(18)14-12(20-3)9-13(21-4)15(16(14)19)11-5-7-17(2)8-6-11/h5,9,19H,6-8H2,1-4H3. The van der Waals surface area contributed by atoms with E-state index in [-0.39, 0.29) is 17.1 Å². The Morgan fingerprint density at radius 1 is 1.29 bits per heavy atom. The lowest BCUT2D eigenvalue weighted by Gasteiger charge is -2.24. The van der Waals surface area contributed by atoms with E-state index in [4.69, 9.17) is 9.47 Å². The van der Waals surface area contributed by atoms with E-state index in [1.165, 1.54) is 14.0 Å². The monoisotopic (exact) mass is 291 g/mol. The fourth-order valence-corrected chi connectivity index (χ4v) is 2.59. The molecule has 2 rings (SSSR count). The maximum absolute atomic E-state index is 11.8. The third-order valence-corrected chi connectivity index (χ3v) is 3.75. The third kappa shape index (κ3) is 2.88. The van der Waals surface area contributed by atoms with Crippen LogP contribution in [0.2, 0.25) is 0 Å². The first-order valence-corrected chi connectivity index (χ1v) is 6.86. The number of nitrogens with zero attached hydrogens (tertiary/aromatic N) is 1. The molecule has 0 saturated carbocycles. The van der Waals surface area contributed by atoms with E-state index in [0.717, 1.165) is 25.1 Å².